The van der Waals surface area contributed by atoms with E-state index in [-0.39, 0.29) is 30.8 Å². The SMILES string of the molecule is CC#CCOc1ccc(S(=O)(=O)N[C@](N)(CCCC(=O)OC(C)(C)C)C(=O)O)cc1. The van der Waals surface area contributed by atoms with Gasteiger partial charge in [-0.2, -0.15) is 4.72 Å². The van der Waals surface area contributed by atoms with Crippen LogP contribution in [0.1, 0.15) is 47.0 Å². The number of hydrogen-bond acceptors (Lipinski definition) is 7. The van der Waals surface area contributed by atoms with Gasteiger partial charge >= 0.3 is 11.9 Å². The van der Waals surface area contributed by atoms with Crippen LogP contribution in [0.25, 0.3) is 0 Å². The Bertz CT molecular complexity index is 909. The first-order valence-corrected chi connectivity index (χ1v) is 10.7. The molecule has 166 valence electrons. The van der Waals surface area contributed by atoms with Gasteiger partial charge in [-0.15, -0.1) is 5.92 Å². The van der Waals surface area contributed by atoms with E-state index in [1.165, 1.54) is 24.3 Å². The molecule has 0 unspecified atom stereocenters. The number of nitrogens with two attached hydrogens (primary N) is 1. The van der Waals surface area contributed by atoms with Crippen LogP contribution >= 0.6 is 0 Å². The number of carbonyl (C=O) groups is 2. The number of rotatable bonds is 10. The van der Waals surface area contributed by atoms with E-state index in [0.29, 0.717) is 5.75 Å². The average Bonchev–Trinajstić information content (AvgIpc) is 2.60. The van der Waals surface area contributed by atoms with Crippen molar-refractivity contribution in [2.45, 2.75) is 63.1 Å². The summed E-state index contributed by atoms with van der Waals surface area (Å²) >= 11 is 0. The number of aliphatic carboxylic acids is 1. The van der Waals surface area contributed by atoms with Crippen molar-refractivity contribution < 1.29 is 32.6 Å². The van der Waals surface area contributed by atoms with Crippen LogP contribution in [0.2, 0.25) is 0 Å². The van der Waals surface area contributed by atoms with Crippen LogP contribution in [-0.4, -0.2) is 43.3 Å². The fraction of sp³-hybridized carbons (Fsp3) is 0.500. The van der Waals surface area contributed by atoms with E-state index in [1.807, 2.05) is 4.72 Å². The number of esters is 1. The van der Waals surface area contributed by atoms with Crippen molar-refractivity contribution >= 4 is 22.0 Å². The summed E-state index contributed by atoms with van der Waals surface area (Å²) in [6, 6.07) is 5.38. The molecule has 0 bridgehead atoms. The predicted molar refractivity (Wildman–Crippen MR) is 110 cm³/mol. The van der Waals surface area contributed by atoms with Crippen molar-refractivity contribution in [1.29, 1.82) is 0 Å². The zero-order chi connectivity index (χ0) is 23.0. The molecule has 0 aliphatic rings. The first-order valence-electron chi connectivity index (χ1n) is 9.20. The van der Waals surface area contributed by atoms with Crippen LogP contribution in [0.3, 0.4) is 0 Å². The van der Waals surface area contributed by atoms with E-state index in [4.69, 9.17) is 15.2 Å². The topological polar surface area (TPSA) is 145 Å². The highest BCUT2D eigenvalue weighted by molar-refractivity contribution is 7.89. The van der Waals surface area contributed by atoms with Crippen LogP contribution in [0.4, 0.5) is 0 Å². The van der Waals surface area contributed by atoms with E-state index in [0.717, 1.165) is 0 Å². The minimum absolute atomic E-state index is 0.0193. The fourth-order valence-electron chi connectivity index (χ4n) is 2.31. The lowest BCUT2D eigenvalue weighted by Crippen LogP contribution is -2.61. The lowest BCUT2D eigenvalue weighted by molar-refractivity contribution is -0.155. The molecule has 0 aromatic heterocycles. The highest BCUT2D eigenvalue weighted by Gasteiger charge is 2.38. The molecule has 0 fully saturated rings. The Morgan fingerprint density at radius 3 is 2.30 bits per heavy atom. The van der Waals surface area contributed by atoms with Gasteiger partial charge in [0, 0.05) is 6.42 Å². The van der Waals surface area contributed by atoms with Gasteiger partial charge in [-0.25, -0.2) is 13.2 Å². The second-order valence-electron chi connectivity index (χ2n) is 7.51. The minimum Gasteiger partial charge on any atom is -0.481 e. The molecule has 0 aliphatic heterocycles. The maximum atomic E-state index is 12.6. The summed E-state index contributed by atoms with van der Waals surface area (Å²) in [5.41, 5.74) is 2.85. The highest BCUT2D eigenvalue weighted by Crippen LogP contribution is 2.19. The Labute approximate surface area is 177 Å². The van der Waals surface area contributed by atoms with Crippen LogP contribution in [0.5, 0.6) is 5.75 Å². The third kappa shape index (κ3) is 8.41. The summed E-state index contributed by atoms with van der Waals surface area (Å²) < 4.78 is 37.7. The summed E-state index contributed by atoms with van der Waals surface area (Å²) in [6.45, 7) is 6.94. The predicted octanol–water partition coefficient (Wildman–Crippen LogP) is 1.62. The van der Waals surface area contributed by atoms with Gasteiger partial charge in [0.1, 0.15) is 18.0 Å². The van der Waals surface area contributed by atoms with Crippen LogP contribution in [-0.2, 0) is 24.3 Å². The van der Waals surface area contributed by atoms with Gasteiger partial charge in [0.25, 0.3) is 0 Å². The number of carboxylic acid groups (broad SMARTS) is 1. The zero-order valence-corrected chi connectivity index (χ0v) is 18.3. The molecule has 0 heterocycles. The molecule has 0 saturated carbocycles. The number of carboxylic acids is 1. The number of nitrogens with one attached hydrogen (secondary N) is 1. The molecule has 1 aromatic carbocycles. The fourth-order valence-corrected chi connectivity index (χ4v) is 3.59. The zero-order valence-electron chi connectivity index (χ0n) is 17.5. The maximum Gasteiger partial charge on any atom is 0.339 e. The van der Waals surface area contributed by atoms with Crippen molar-refractivity contribution in [2.75, 3.05) is 6.61 Å². The van der Waals surface area contributed by atoms with Gasteiger partial charge in [-0.1, -0.05) is 5.92 Å². The van der Waals surface area contributed by atoms with E-state index < -0.39 is 33.2 Å². The summed E-state index contributed by atoms with van der Waals surface area (Å²) in [5, 5.41) is 9.46. The minimum atomic E-state index is -4.24. The molecule has 1 rings (SSSR count). The molecular formula is C20H28N2O7S. The van der Waals surface area contributed by atoms with Crippen molar-refractivity contribution in [3.05, 3.63) is 24.3 Å². The Morgan fingerprint density at radius 2 is 1.80 bits per heavy atom. The average molecular weight is 441 g/mol. The first kappa shape index (κ1) is 25.4. The van der Waals surface area contributed by atoms with Gasteiger partial charge in [-0.3, -0.25) is 4.79 Å². The van der Waals surface area contributed by atoms with Crippen LogP contribution < -0.4 is 15.2 Å². The normalized spacial score (nSPS) is 13.5. The smallest absolute Gasteiger partial charge is 0.339 e. The van der Waals surface area contributed by atoms with E-state index in [1.54, 1.807) is 27.7 Å². The Balaban J connectivity index is 2.83. The van der Waals surface area contributed by atoms with Gasteiger partial charge in [0.05, 0.1) is 4.90 Å². The van der Waals surface area contributed by atoms with E-state index in [2.05, 4.69) is 11.8 Å². The molecule has 9 nitrogen and oxygen atoms in total. The lowest BCUT2D eigenvalue weighted by Gasteiger charge is -2.26. The van der Waals surface area contributed by atoms with Gasteiger partial charge < -0.3 is 20.3 Å². The second kappa shape index (κ2) is 10.4. The summed E-state index contributed by atoms with van der Waals surface area (Å²) in [7, 11) is -4.24. The molecule has 0 radical (unpaired) electrons. The standard InChI is InChI=1S/C20H28N2O7S/c1-5-6-14-28-15-9-11-16(12-10-15)30(26,27)22-20(21,18(24)25)13-7-8-17(23)29-19(2,3)4/h9-12,22H,7-8,13-14,21H2,1-4H3,(H,24,25)/t20-/m1/s1. The maximum absolute atomic E-state index is 12.6. The van der Waals surface area contributed by atoms with E-state index >= 15 is 0 Å². The number of benzene rings is 1. The molecule has 4 N–H and O–H groups in total. The number of sulfonamides is 1. The molecular weight excluding hydrogens is 412 g/mol. The molecule has 1 aromatic rings. The van der Waals surface area contributed by atoms with Crippen molar-refractivity contribution in [3.63, 3.8) is 0 Å². The van der Waals surface area contributed by atoms with Crippen molar-refractivity contribution in [1.82, 2.24) is 4.72 Å². The molecule has 0 spiro atoms. The molecule has 1 atom stereocenters. The van der Waals surface area contributed by atoms with Crippen LogP contribution in [0.15, 0.2) is 29.2 Å². The Hall–Kier alpha value is -2.61. The Kier molecular flexibility index (Phi) is 8.84. The van der Waals surface area contributed by atoms with Gasteiger partial charge in [0.2, 0.25) is 10.0 Å². The molecule has 0 amide bonds. The third-order valence-electron chi connectivity index (χ3n) is 3.69. The lowest BCUT2D eigenvalue weighted by atomic mass is 10.0. The monoisotopic (exact) mass is 440 g/mol. The summed E-state index contributed by atoms with van der Waals surface area (Å²) in [5.74, 6) is 3.69. The van der Waals surface area contributed by atoms with Crippen molar-refractivity contribution in [3.8, 4) is 17.6 Å². The number of carbonyl (C=O) groups excluding carboxylic acids is 1. The van der Waals surface area contributed by atoms with E-state index in [9.17, 15) is 23.1 Å². The van der Waals surface area contributed by atoms with Gasteiger partial charge in [0.15, 0.2) is 5.66 Å². The number of hydrogen-bond donors (Lipinski definition) is 3. The molecule has 0 saturated heterocycles. The van der Waals surface area contributed by atoms with Gasteiger partial charge in [-0.05, 0) is 64.8 Å². The number of ether oxygens (including phenoxy) is 2. The van der Waals surface area contributed by atoms with Crippen LogP contribution in [0, 0.1) is 11.8 Å². The first-order chi connectivity index (χ1) is 13.8. The molecule has 0 aliphatic carbocycles. The molecule has 30 heavy (non-hydrogen) atoms. The van der Waals surface area contributed by atoms with Crippen molar-refractivity contribution in [2.24, 2.45) is 5.73 Å². The third-order valence-corrected chi connectivity index (χ3v) is 5.22. The Morgan fingerprint density at radius 1 is 1.20 bits per heavy atom. The quantitative estimate of drug-likeness (QED) is 0.283. The summed E-state index contributed by atoms with van der Waals surface area (Å²) in [6.07, 6.45) is -0.388. The largest absolute Gasteiger partial charge is 0.481 e. The summed E-state index contributed by atoms with van der Waals surface area (Å²) in [4.78, 5) is 23.2. The highest BCUT2D eigenvalue weighted by atomic mass is 32.2. The molecule has 10 heteroatoms. The second-order valence-corrected chi connectivity index (χ2v) is 9.19.